The summed E-state index contributed by atoms with van der Waals surface area (Å²) in [6, 6.07) is -0.229. The van der Waals surface area contributed by atoms with Crippen LogP contribution in [-0.4, -0.2) is 39.4 Å². The molecule has 17 heavy (non-hydrogen) atoms. The van der Waals surface area contributed by atoms with Crippen LogP contribution >= 0.6 is 0 Å². The van der Waals surface area contributed by atoms with Gasteiger partial charge in [0.1, 0.15) is 5.82 Å². The van der Waals surface area contributed by atoms with Crippen LogP contribution in [0.2, 0.25) is 0 Å². The molecule has 1 heterocycles. The van der Waals surface area contributed by atoms with Gasteiger partial charge in [-0.1, -0.05) is 0 Å². The topological polar surface area (TPSA) is 98.2 Å². The second-order valence-corrected chi connectivity index (χ2v) is 4.12. The van der Waals surface area contributed by atoms with Gasteiger partial charge < -0.3 is 20.5 Å². The lowest BCUT2D eigenvalue weighted by molar-refractivity contribution is 0.0923. The summed E-state index contributed by atoms with van der Waals surface area (Å²) in [6.07, 6.45) is -0.824. The van der Waals surface area contributed by atoms with E-state index in [-0.39, 0.29) is 24.8 Å². The van der Waals surface area contributed by atoms with Crippen LogP contribution in [0.15, 0.2) is 4.79 Å². The molecule has 4 N–H and O–H groups in total. The molecular weight excluding hydrogens is 222 g/mol. The van der Waals surface area contributed by atoms with Gasteiger partial charge in [-0.3, -0.25) is 4.79 Å². The van der Waals surface area contributed by atoms with Crippen molar-refractivity contribution in [2.24, 2.45) is 0 Å². The van der Waals surface area contributed by atoms with Crippen LogP contribution in [0.3, 0.4) is 0 Å². The van der Waals surface area contributed by atoms with E-state index in [1.165, 1.54) is 0 Å². The maximum Gasteiger partial charge on any atom is 0.255 e. The molecule has 6 nitrogen and oxygen atoms in total. The summed E-state index contributed by atoms with van der Waals surface area (Å²) in [4.78, 5) is 18.6. The Balaban J connectivity index is 2.82. The standard InChI is InChI=1S/C11H19N3O3/c1-6(12-4-9(16)5-15)10-7(2)13-8(3)14-11(10)17/h6,9,12,15-16H,4-5H2,1-3H3,(H,13,14,17). The zero-order valence-corrected chi connectivity index (χ0v) is 10.3. The monoisotopic (exact) mass is 241 g/mol. The van der Waals surface area contributed by atoms with Crippen molar-refractivity contribution in [2.75, 3.05) is 13.2 Å². The van der Waals surface area contributed by atoms with Crippen molar-refractivity contribution in [1.82, 2.24) is 15.3 Å². The Labute approximate surface area is 99.7 Å². The minimum absolute atomic E-state index is 0.173. The largest absolute Gasteiger partial charge is 0.394 e. The highest BCUT2D eigenvalue weighted by Crippen LogP contribution is 2.10. The summed E-state index contributed by atoms with van der Waals surface area (Å²) in [5.74, 6) is 0.582. The second-order valence-electron chi connectivity index (χ2n) is 4.12. The van der Waals surface area contributed by atoms with Crippen LogP contribution in [0.1, 0.15) is 30.0 Å². The third kappa shape index (κ3) is 3.62. The molecule has 0 spiro atoms. The van der Waals surface area contributed by atoms with Gasteiger partial charge in [0.2, 0.25) is 0 Å². The Morgan fingerprint density at radius 2 is 2.12 bits per heavy atom. The minimum Gasteiger partial charge on any atom is -0.394 e. The van der Waals surface area contributed by atoms with E-state index < -0.39 is 6.10 Å². The van der Waals surface area contributed by atoms with Crippen molar-refractivity contribution in [3.8, 4) is 0 Å². The number of nitrogens with zero attached hydrogens (tertiary/aromatic N) is 1. The average molecular weight is 241 g/mol. The first-order valence-corrected chi connectivity index (χ1v) is 5.55. The van der Waals surface area contributed by atoms with E-state index in [0.29, 0.717) is 17.1 Å². The first-order valence-electron chi connectivity index (χ1n) is 5.55. The van der Waals surface area contributed by atoms with Crippen molar-refractivity contribution < 1.29 is 10.2 Å². The molecule has 1 aromatic heterocycles. The highest BCUT2D eigenvalue weighted by Gasteiger charge is 2.15. The van der Waals surface area contributed by atoms with Gasteiger partial charge in [-0.25, -0.2) is 4.98 Å². The highest BCUT2D eigenvalue weighted by atomic mass is 16.3. The van der Waals surface area contributed by atoms with Crippen LogP contribution in [0.5, 0.6) is 0 Å². The molecule has 0 radical (unpaired) electrons. The lowest BCUT2D eigenvalue weighted by Gasteiger charge is -2.17. The highest BCUT2D eigenvalue weighted by molar-refractivity contribution is 5.19. The fraction of sp³-hybridized carbons (Fsp3) is 0.636. The Morgan fingerprint density at radius 1 is 1.47 bits per heavy atom. The molecule has 0 aliphatic heterocycles. The molecule has 2 unspecified atom stereocenters. The Bertz CT molecular complexity index is 430. The number of H-pyrrole nitrogens is 1. The number of aliphatic hydroxyl groups is 2. The van der Waals surface area contributed by atoms with E-state index in [2.05, 4.69) is 15.3 Å². The lowest BCUT2D eigenvalue weighted by Crippen LogP contribution is -2.34. The fourth-order valence-electron chi connectivity index (χ4n) is 1.73. The summed E-state index contributed by atoms with van der Waals surface area (Å²) in [5.41, 5.74) is 1.05. The fourth-order valence-corrected chi connectivity index (χ4v) is 1.73. The van der Waals surface area contributed by atoms with Gasteiger partial charge in [0.25, 0.3) is 5.56 Å². The van der Waals surface area contributed by atoms with E-state index in [0.717, 1.165) is 0 Å². The third-order valence-corrected chi connectivity index (χ3v) is 2.57. The number of nitrogens with one attached hydrogen (secondary N) is 2. The van der Waals surface area contributed by atoms with Gasteiger partial charge >= 0.3 is 0 Å². The van der Waals surface area contributed by atoms with Crippen molar-refractivity contribution in [3.05, 3.63) is 27.4 Å². The van der Waals surface area contributed by atoms with Crippen LogP contribution in [0.25, 0.3) is 0 Å². The van der Waals surface area contributed by atoms with Gasteiger partial charge in [-0.2, -0.15) is 0 Å². The molecule has 6 heteroatoms. The van der Waals surface area contributed by atoms with Crippen molar-refractivity contribution in [1.29, 1.82) is 0 Å². The molecule has 0 saturated heterocycles. The SMILES string of the molecule is Cc1nc(C)c(C(C)NCC(O)CO)c(=O)[nH]1. The molecule has 0 saturated carbocycles. The van der Waals surface area contributed by atoms with Crippen LogP contribution in [0, 0.1) is 13.8 Å². The molecule has 2 atom stereocenters. The number of aromatic amines is 1. The van der Waals surface area contributed by atoms with Crippen molar-refractivity contribution >= 4 is 0 Å². The Hall–Kier alpha value is -1.24. The number of rotatable bonds is 5. The predicted molar refractivity (Wildman–Crippen MR) is 63.8 cm³/mol. The van der Waals surface area contributed by atoms with Crippen molar-refractivity contribution in [2.45, 2.75) is 32.9 Å². The molecular formula is C11H19N3O3. The second kappa shape index (κ2) is 5.90. The van der Waals surface area contributed by atoms with Gasteiger partial charge in [0, 0.05) is 18.3 Å². The number of hydrogen-bond acceptors (Lipinski definition) is 5. The summed E-state index contributed by atoms with van der Waals surface area (Å²) >= 11 is 0. The Morgan fingerprint density at radius 3 is 2.65 bits per heavy atom. The molecule has 1 aromatic rings. The van der Waals surface area contributed by atoms with Crippen LogP contribution in [-0.2, 0) is 0 Å². The molecule has 0 amide bonds. The normalized spacial score (nSPS) is 14.6. The minimum atomic E-state index is -0.824. The predicted octanol–water partition coefficient (Wildman–Crippen LogP) is -0.609. The average Bonchev–Trinajstić information content (AvgIpc) is 2.24. The maximum atomic E-state index is 11.8. The summed E-state index contributed by atoms with van der Waals surface area (Å²) in [6.45, 7) is 5.24. The number of aliphatic hydroxyl groups excluding tert-OH is 2. The number of aromatic nitrogens is 2. The summed E-state index contributed by atoms with van der Waals surface area (Å²) < 4.78 is 0. The van der Waals surface area contributed by atoms with Gasteiger partial charge in [-0.05, 0) is 20.8 Å². The Kier molecular flexibility index (Phi) is 4.80. The molecule has 1 rings (SSSR count). The number of aryl methyl sites for hydroxylation is 2. The molecule has 0 bridgehead atoms. The van der Waals surface area contributed by atoms with Gasteiger partial charge in [-0.15, -0.1) is 0 Å². The first kappa shape index (κ1) is 13.8. The zero-order chi connectivity index (χ0) is 13.0. The quantitative estimate of drug-likeness (QED) is 0.551. The summed E-state index contributed by atoms with van der Waals surface area (Å²) in [5, 5.41) is 20.9. The van der Waals surface area contributed by atoms with Crippen molar-refractivity contribution in [3.63, 3.8) is 0 Å². The van der Waals surface area contributed by atoms with E-state index in [1.54, 1.807) is 13.8 Å². The van der Waals surface area contributed by atoms with Crippen LogP contribution < -0.4 is 10.9 Å². The van der Waals surface area contributed by atoms with Gasteiger partial charge in [0.15, 0.2) is 0 Å². The third-order valence-electron chi connectivity index (χ3n) is 2.57. The van der Waals surface area contributed by atoms with E-state index in [1.807, 2.05) is 6.92 Å². The molecule has 0 aliphatic carbocycles. The van der Waals surface area contributed by atoms with Crippen LogP contribution in [0.4, 0.5) is 0 Å². The number of hydrogen-bond donors (Lipinski definition) is 4. The van der Waals surface area contributed by atoms with Gasteiger partial charge in [0.05, 0.1) is 18.3 Å². The lowest BCUT2D eigenvalue weighted by atomic mass is 10.1. The van der Waals surface area contributed by atoms with E-state index in [9.17, 15) is 9.90 Å². The molecule has 0 aromatic carbocycles. The first-order chi connectivity index (χ1) is 7.95. The van der Waals surface area contributed by atoms with E-state index in [4.69, 9.17) is 5.11 Å². The zero-order valence-electron chi connectivity index (χ0n) is 10.3. The molecule has 96 valence electrons. The summed E-state index contributed by atoms with van der Waals surface area (Å²) in [7, 11) is 0. The van der Waals surface area contributed by atoms with E-state index >= 15 is 0 Å². The molecule has 0 fully saturated rings. The smallest absolute Gasteiger partial charge is 0.255 e. The maximum absolute atomic E-state index is 11.8. The molecule has 0 aliphatic rings.